The van der Waals surface area contributed by atoms with Gasteiger partial charge < -0.3 is 5.32 Å². The molecule has 0 aromatic carbocycles. The van der Waals surface area contributed by atoms with Crippen molar-refractivity contribution in [1.82, 2.24) is 15.5 Å². The van der Waals surface area contributed by atoms with Crippen LogP contribution in [0.5, 0.6) is 0 Å². The minimum absolute atomic E-state index is 0.813. The van der Waals surface area contributed by atoms with Gasteiger partial charge >= 0.3 is 0 Å². The molecular formula is C11H11N3S3. The molecule has 3 aromatic heterocycles. The lowest BCUT2D eigenvalue weighted by Gasteiger charge is -1.93. The molecule has 3 aromatic rings. The average molecular weight is 281 g/mol. The molecule has 0 aliphatic carbocycles. The summed E-state index contributed by atoms with van der Waals surface area (Å²) in [5.41, 5.74) is 0. The molecule has 3 heterocycles. The van der Waals surface area contributed by atoms with E-state index in [1.165, 1.54) is 14.3 Å². The van der Waals surface area contributed by atoms with Crippen molar-refractivity contribution in [3.8, 4) is 9.88 Å². The normalized spacial score (nSPS) is 11.4. The molecule has 0 saturated carbocycles. The minimum Gasteiger partial charge on any atom is -0.311 e. The van der Waals surface area contributed by atoms with Gasteiger partial charge in [-0.1, -0.05) is 18.3 Å². The Hall–Kier alpha value is -0.820. The first-order chi connectivity index (χ1) is 8.36. The number of rotatable bonds is 4. The zero-order valence-corrected chi connectivity index (χ0v) is 11.7. The van der Waals surface area contributed by atoms with Crippen LogP contribution in [0.1, 0.15) is 11.9 Å². The Morgan fingerprint density at radius 1 is 1.24 bits per heavy atom. The van der Waals surface area contributed by atoms with Gasteiger partial charge in [0.05, 0.1) is 4.88 Å². The van der Waals surface area contributed by atoms with Crippen LogP contribution in [0.25, 0.3) is 19.3 Å². The highest BCUT2D eigenvalue weighted by Gasteiger charge is 2.10. The van der Waals surface area contributed by atoms with Crippen molar-refractivity contribution in [3.63, 3.8) is 0 Å². The second kappa shape index (κ2) is 4.81. The fourth-order valence-electron chi connectivity index (χ4n) is 1.53. The van der Waals surface area contributed by atoms with Gasteiger partial charge in [0.15, 0.2) is 5.01 Å². The van der Waals surface area contributed by atoms with Crippen molar-refractivity contribution >= 4 is 43.4 Å². The first kappa shape index (κ1) is 11.3. The van der Waals surface area contributed by atoms with Gasteiger partial charge in [0, 0.05) is 15.9 Å². The van der Waals surface area contributed by atoms with Gasteiger partial charge in [-0.25, -0.2) is 0 Å². The molecule has 0 radical (unpaired) electrons. The molecule has 3 rings (SSSR count). The molecule has 0 aliphatic heterocycles. The van der Waals surface area contributed by atoms with Crippen LogP contribution >= 0.6 is 34.0 Å². The smallest absolute Gasteiger partial charge is 0.157 e. The monoisotopic (exact) mass is 281 g/mol. The molecule has 0 amide bonds. The molecule has 6 heteroatoms. The lowest BCUT2D eigenvalue weighted by molar-refractivity contribution is 0.715. The van der Waals surface area contributed by atoms with Crippen molar-refractivity contribution in [2.45, 2.75) is 13.5 Å². The summed E-state index contributed by atoms with van der Waals surface area (Å²) in [7, 11) is 0. The Morgan fingerprint density at radius 2 is 2.18 bits per heavy atom. The molecule has 0 aliphatic rings. The van der Waals surface area contributed by atoms with E-state index in [0.717, 1.165) is 23.1 Å². The Labute approximate surface area is 111 Å². The molecule has 0 spiro atoms. The Balaban J connectivity index is 1.88. The van der Waals surface area contributed by atoms with E-state index in [1.807, 2.05) is 0 Å². The molecule has 1 N–H and O–H groups in total. The molecule has 0 unspecified atom stereocenters. The number of thiophene rings is 2. The fraction of sp³-hybridized carbons (Fsp3) is 0.273. The molecule has 17 heavy (non-hydrogen) atoms. The Bertz CT molecular complexity index is 594. The lowest BCUT2D eigenvalue weighted by atomic mass is 10.4. The van der Waals surface area contributed by atoms with Gasteiger partial charge in [-0.3, -0.25) is 0 Å². The zero-order valence-electron chi connectivity index (χ0n) is 9.27. The number of nitrogens with zero attached hydrogens (tertiary/aromatic N) is 2. The third-order valence-electron chi connectivity index (χ3n) is 2.34. The SMILES string of the molecule is CCNCc1nnc(-c2cc3sccc3s2)s1. The van der Waals surface area contributed by atoms with E-state index in [9.17, 15) is 0 Å². The summed E-state index contributed by atoms with van der Waals surface area (Å²) in [6.07, 6.45) is 0. The number of aromatic nitrogens is 2. The summed E-state index contributed by atoms with van der Waals surface area (Å²) in [5.74, 6) is 0. The highest BCUT2D eigenvalue weighted by Crippen LogP contribution is 2.37. The van der Waals surface area contributed by atoms with Crippen LogP contribution in [-0.2, 0) is 6.54 Å². The van der Waals surface area contributed by atoms with Crippen LogP contribution in [0.2, 0.25) is 0 Å². The van der Waals surface area contributed by atoms with Crippen LogP contribution in [0, 0.1) is 0 Å². The van der Waals surface area contributed by atoms with Crippen LogP contribution in [0.15, 0.2) is 17.5 Å². The molecule has 0 saturated heterocycles. The highest BCUT2D eigenvalue weighted by atomic mass is 32.1. The second-order valence-electron chi connectivity index (χ2n) is 3.54. The van der Waals surface area contributed by atoms with Crippen molar-refractivity contribution in [2.75, 3.05) is 6.54 Å². The first-order valence-electron chi connectivity index (χ1n) is 5.37. The largest absolute Gasteiger partial charge is 0.311 e. The summed E-state index contributed by atoms with van der Waals surface area (Å²) in [6, 6.07) is 4.37. The van der Waals surface area contributed by atoms with Gasteiger partial charge in [0.1, 0.15) is 5.01 Å². The van der Waals surface area contributed by atoms with Crippen molar-refractivity contribution in [1.29, 1.82) is 0 Å². The quantitative estimate of drug-likeness (QED) is 0.794. The van der Waals surface area contributed by atoms with Crippen LogP contribution < -0.4 is 5.32 Å². The van der Waals surface area contributed by atoms with Crippen LogP contribution in [0.3, 0.4) is 0 Å². The van der Waals surface area contributed by atoms with Crippen molar-refractivity contribution < 1.29 is 0 Å². The summed E-state index contributed by atoms with van der Waals surface area (Å²) in [5, 5.41) is 15.9. The highest BCUT2D eigenvalue weighted by molar-refractivity contribution is 7.30. The van der Waals surface area contributed by atoms with Crippen LogP contribution in [-0.4, -0.2) is 16.7 Å². The molecule has 88 valence electrons. The van der Waals surface area contributed by atoms with Gasteiger partial charge in [-0.2, -0.15) is 0 Å². The van der Waals surface area contributed by atoms with Crippen LogP contribution in [0.4, 0.5) is 0 Å². The van der Waals surface area contributed by atoms with Crippen molar-refractivity contribution in [2.24, 2.45) is 0 Å². The number of fused-ring (bicyclic) bond motifs is 1. The lowest BCUT2D eigenvalue weighted by Crippen LogP contribution is -2.11. The topological polar surface area (TPSA) is 37.8 Å². The van der Waals surface area contributed by atoms with Crippen molar-refractivity contribution in [3.05, 3.63) is 22.5 Å². The molecule has 0 atom stereocenters. The van der Waals surface area contributed by atoms with E-state index in [-0.39, 0.29) is 0 Å². The van der Waals surface area contributed by atoms with E-state index in [0.29, 0.717) is 0 Å². The van der Waals surface area contributed by atoms with E-state index < -0.39 is 0 Å². The predicted molar refractivity (Wildman–Crippen MR) is 76.0 cm³/mol. The summed E-state index contributed by atoms with van der Waals surface area (Å²) >= 11 is 5.25. The van der Waals surface area contributed by atoms with Gasteiger partial charge in [0.2, 0.25) is 0 Å². The number of hydrogen-bond acceptors (Lipinski definition) is 6. The molecule has 3 nitrogen and oxygen atoms in total. The third kappa shape index (κ3) is 2.26. The maximum Gasteiger partial charge on any atom is 0.157 e. The third-order valence-corrected chi connectivity index (χ3v) is 5.53. The van der Waals surface area contributed by atoms with E-state index >= 15 is 0 Å². The van der Waals surface area contributed by atoms with E-state index in [2.05, 4.69) is 40.0 Å². The maximum absolute atomic E-state index is 4.26. The number of nitrogens with one attached hydrogen (secondary N) is 1. The number of hydrogen-bond donors (Lipinski definition) is 1. The maximum atomic E-state index is 4.26. The summed E-state index contributed by atoms with van der Waals surface area (Å²) in [6.45, 7) is 3.87. The average Bonchev–Trinajstić information content (AvgIpc) is 3.00. The van der Waals surface area contributed by atoms with E-state index in [4.69, 9.17) is 0 Å². The summed E-state index contributed by atoms with van der Waals surface area (Å²) in [4.78, 5) is 1.23. The Kier molecular flexibility index (Phi) is 3.19. The summed E-state index contributed by atoms with van der Waals surface area (Å²) < 4.78 is 2.68. The van der Waals surface area contributed by atoms with Gasteiger partial charge in [-0.05, 0) is 24.1 Å². The molecular weight excluding hydrogens is 270 g/mol. The molecule has 0 fully saturated rings. The fourth-order valence-corrected chi connectivity index (χ4v) is 4.49. The standard InChI is InChI=1S/C11H11N3S3/c1-2-12-6-10-13-14-11(17-10)9-5-8-7(16-9)3-4-15-8/h3-5,12H,2,6H2,1H3. The predicted octanol–water partition coefficient (Wildman–Crippen LogP) is 3.59. The van der Waals surface area contributed by atoms with Gasteiger partial charge in [0.25, 0.3) is 0 Å². The second-order valence-corrected chi connectivity index (χ2v) is 6.63. The zero-order chi connectivity index (χ0) is 11.7. The van der Waals surface area contributed by atoms with E-state index in [1.54, 1.807) is 34.0 Å². The first-order valence-corrected chi connectivity index (χ1v) is 7.88. The van der Waals surface area contributed by atoms with Gasteiger partial charge in [-0.15, -0.1) is 32.9 Å². The molecule has 0 bridgehead atoms. The minimum atomic E-state index is 0.813. The Morgan fingerprint density at radius 3 is 3.00 bits per heavy atom.